The monoisotopic (exact) mass is 374 g/mol. The Bertz CT molecular complexity index is 890. The predicted octanol–water partition coefficient (Wildman–Crippen LogP) is 3.74. The molecule has 26 heavy (non-hydrogen) atoms. The standard InChI is InChI=1S/C20H26N2O3S/c1-5-16-8-6-7-9-19(16)22-26(24,25)17-11-10-15(4)18(12-17)20(23)21-13-14(2)3/h6-12,14,22H,5,13H2,1-4H3,(H,21,23). The molecule has 2 rings (SSSR count). The first kappa shape index (κ1) is 20.0. The number of anilines is 1. The molecule has 0 aliphatic rings. The molecule has 0 radical (unpaired) electrons. The molecule has 6 heteroatoms. The van der Waals surface area contributed by atoms with Crippen molar-refractivity contribution in [1.29, 1.82) is 0 Å². The maximum atomic E-state index is 12.8. The molecule has 0 spiro atoms. The minimum atomic E-state index is -3.78. The molecule has 5 nitrogen and oxygen atoms in total. The molecular weight excluding hydrogens is 348 g/mol. The summed E-state index contributed by atoms with van der Waals surface area (Å²) in [6.07, 6.45) is 0.718. The van der Waals surface area contributed by atoms with Crippen LogP contribution in [0, 0.1) is 12.8 Å². The zero-order valence-electron chi connectivity index (χ0n) is 15.7. The second-order valence-corrected chi connectivity index (χ2v) is 8.38. The summed E-state index contributed by atoms with van der Waals surface area (Å²) >= 11 is 0. The molecule has 0 saturated heterocycles. The average Bonchev–Trinajstić information content (AvgIpc) is 2.60. The van der Waals surface area contributed by atoms with Crippen LogP contribution >= 0.6 is 0 Å². The lowest BCUT2D eigenvalue weighted by molar-refractivity contribution is 0.0948. The number of aryl methyl sites for hydroxylation is 2. The maximum absolute atomic E-state index is 12.8. The third-order valence-corrected chi connectivity index (χ3v) is 5.44. The minimum Gasteiger partial charge on any atom is -0.352 e. The summed E-state index contributed by atoms with van der Waals surface area (Å²) in [7, 11) is -3.78. The Kier molecular flexibility index (Phi) is 6.42. The van der Waals surface area contributed by atoms with Gasteiger partial charge in [0.05, 0.1) is 10.6 Å². The van der Waals surface area contributed by atoms with Gasteiger partial charge in [-0.25, -0.2) is 8.42 Å². The van der Waals surface area contributed by atoms with Gasteiger partial charge >= 0.3 is 0 Å². The lowest BCUT2D eigenvalue weighted by atomic mass is 10.1. The van der Waals surface area contributed by atoms with E-state index < -0.39 is 10.0 Å². The summed E-state index contributed by atoms with van der Waals surface area (Å²) in [6, 6.07) is 11.9. The lowest BCUT2D eigenvalue weighted by Crippen LogP contribution is -2.28. The fraction of sp³-hybridized carbons (Fsp3) is 0.350. The average molecular weight is 375 g/mol. The first-order valence-electron chi connectivity index (χ1n) is 8.74. The van der Waals surface area contributed by atoms with Gasteiger partial charge < -0.3 is 5.32 Å². The summed E-state index contributed by atoms with van der Waals surface area (Å²) in [5, 5.41) is 2.83. The van der Waals surface area contributed by atoms with Crippen LogP contribution in [0.1, 0.15) is 42.3 Å². The predicted molar refractivity (Wildman–Crippen MR) is 105 cm³/mol. The van der Waals surface area contributed by atoms with E-state index in [-0.39, 0.29) is 10.8 Å². The van der Waals surface area contributed by atoms with Crippen molar-refractivity contribution in [3.05, 3.63) is 59.2 Å². The van der Waals surface area contributed by atoms with Crippen LogP contribution < -0.4 is 10.0 Å². The number of carbonyl (C=O) groups excluding carboxylic acids is 1. The molecule has 1 amide bonds. The Morgan fingerprint density at radius 2 is 1.81 bits per heavy atom. The minimum absolute atomic E-state index is 0.0729. The lowest BCUT2D eigenvalue weighted by Gasteiger charge is -2.14. The van der Waals surface area contributed by atoms with Crippen molar-refractivity contribution < 1.29 is 13.2 Å². The van der Waals surface area contributed by atoms with Gasteiger partial charge in [0.1, 0.15) is 0 Å². The fourth-order valence-electron chi connectivity index (χ4n) is 2.54. The number of carbonyl (C=O) groups is 1. The molecule has 0 aromatic heterocycles. The van der Waals surface area contributed by atoms with Gasteiger partial charge in [0.25, 0.3) is 15.9 Å². The largest absolute Gasteiger partial charge is 0.352 e. The van der Waals surface area contributed by atoms with Crippen LogP contribution in [0.2, 0.25) is 0 Å². The Hall–Kier alpha value is -2.34. The highest BCUT2D eigenvalue weighted by molar-refractivity contribution is 7.92. The van der Waals surface area contributed by atoms with E-state index in [9.17, 15) is 13.2 Å². The third kappa shape index (κ3) is 4.85. The second-order valence-electron chi connectivity index (χ2n) is 6.70. The van der Waals surface area contributed by atoms with Gasteiger partial charge in [-0.2, -0.15) is 0 Å². The molecular formula is C20H26N2O3S. The van der Waals surface area contributed by atoms with E-state index in [1.165, 1.54) is 12.1 Å². The number of hydrogen-bond donors (Lipinski definition) is 2. The van der Waals surface area contributed by atoms with Crippen molar-refractivity contribution in [2.24, 2.45) is 5.92 Å². The van der Waals surface area contributed by atoms with Gasteiger partial charge in [0, 0.05) is 12.1 Å². The number of sulfonamides is 1. The molecule has 2 aromatic carbocycles. The van der Waals surface area contributed by atoms with E-state index in [4.69, 9.17) is 0 Å². The van der Waals surface area contributed by atoms with Crippen molar-refractivity contribution in [1.82, 2.24) is 5.32 Å². The van der Waals surface area contributed by atoms with Gasteiger partial charge in [0.15, 0.2) is 0 Å². The van der Waals surface area contributed by atoms with Crippen LogP contribution in [0.15, 0.2) is 47.4 Å². The highest BCUT2D eigenvalue weighted by Gasteiger charge is 2.19. The number of hydrogen-bond acceptors (Lipinski definition) is 3. The van der Waals surface area contributed by atoms with E-state index >= 15 is 0 Å². The summed E-state index contributed by atoms with van der Waals surface area (Å²) in [5.41, 5.74) is 2.58. The normalized spacial score (nSPS) is 11.4. The van der Waals surface area contributed by atoms with Crippen LogP contribution in [0.4, 0.5) is 5.69 Å². The van der Waals surface area contributed by atoms with Gasteiger partial charge in [-0.1, -0.05) is 45.0 Å². The van der Waals surface area contributed by atoms with Gasteiger partial charge in [0.2, 0.25) is 0 Å². The zero-order valence-corrected chi connectivity index (χ0v) is 16.5. The molecule has 0 saturated carbocycles. The Morgan fingerprint density at radius 3 is 2.46 bits per heavy atom. The van der Waals surface area contributed by atoms with Crippen molar-refractivity contribution >= 4 is 21.6 Å². The molecule has 0 aliphatic carbocycles. The molecule has 0 unspecified atom stereocenters. The summed E-state index contributed by atoms with van der Waals surface area (Å²) < 4.78 is 28.2. The van der Waals surface area contributed by atoms with E-state index in [1.807, 2.05) is 32.9 Å². The van der Waals surface area contributed by atoms with Crippen molar-refractivity contribution in [2.45, 2.75) is 39.0 Å². The first-order valence-corrected chi connectivity index (χ1v) is 10.2. The molecule has 2 N–H and O–H groups in total. The number of benzene rings is 2. The Labute approximate surface area is 155 Å². The van der Waals surface area contributed by atoms with Gasteiger partial charge in [-0.15, -0.1) is 0 Å². The van der Waals surface area contributed by atoms with Gasteiger partial charge in [-0.05, 0) is 48.6 Å². The van der Waals surface area contributed by atoms with Crippen LogP contribution in [0.3, 0.4) is 0 Å². The zero-order chi connectivity index (χ0) is 19.3. The summed E-state index contributed by atoms with van der Waals surface area (Å²) in [4.78, 5) is 12.5. The van der Waals surface area contributed by atoms with Crippen molar-refractivity contribution in [2.75, 3.05) is 11.3 Å². The molecule has 140 valence electrons. The first-order chi connectivity index (χ1) is 12.2. The molecule has 0 bridgehead atoms. The number of rotatable bonds is 7. The highest BCUT2D eigenvalue weighted by atomic mass is 32.2. The van der Waals surface area contributed by atoms with E-state index in [0.717, 1.165) is 17.5 Å². The van der Waals surface area contributed by atoms with E-state index in [1.54, 1.807) is 25.1 Å². The molecule has 0 fully saturated rings. The fourth-order valence-corrected chi connectivity index (χ4v) is 3.66. The van der Waals surface area contributed by atoms with E-state index in [0.29, 0.717) is 23.7 Å². The number of amides is 1. The Balaban J connectivity index is 2.32. The quantitative estimate of drug-likeness (QED) is 0.775. The third-order valence-electron chi connectivity index (χ3n) is 4.08. The summed E-state index contributed by atoms with van der Waals surface area (Å²) in [5.74, 6) is 0.0561. The van der Waals surface area contributed by atoms with Crippen LogP contribution in [0.25, 0.3) is 0 Å². The molecule has 2 aromatic rings. The summed E-state index contributed by atoms with van der Waals surface area (Å²) in [6.45, 7) is 8.31. The number of para-hydroxylation sites is 1. The Morgan fingerprint density at radius 1 is 1.12 bits per heavy atom. The van der Waals surface area contributed by atoms with Gasteiger partial charge in [-0.3, -0.25) is 9.52 Å². The van der Waals surface area contributed by atoms with Crippen LogP contribution in [-0.4, -0.2) is 20.9 Å². The molecule has 0 atom stereocenters. The molecule has 0 aliphatic heterocycles. The highest BCUT2D eigenvalue weighted by Crippen LogP contribution is 2.22. The van der Waals surface area contributed by atoms with E-state index in [2.05, 4.69) is 10.0 Å². The molecule has 0 heterocycles. The number of nitrogens with one attached hydrogen (secondary N) is 2. The maximum Gasteiger partial charge on any atom is 0.261 e. The SMILES string of the molecule is CCc1ccccc1NS(=O)(=O)c1ccc(C)c(C(=O)NCC(C)C)c1. The van der Waals surface area contributed by atoms with Crippen LogP contribution in [0.5, 0.6) is 0 Å². The van der Waals surface area contributed by atoms with Crippen molar-refractivity contribution in [3.8, 4) is 0 Å². The smallest absolute Gasteiger partial charge is 0.261 e. The van der Waals surface area contributed by atoms with Crippen LogP contribution in [-0.2, 0) is 16.4 Å². The second kappa shape index (κ2) is 8.36. The topological polar surface area (TPSA) is 75.3 Å². The van der Waals surface area contributed by atoms with Crippen molar-refractivity contribution in [3.63, 3.8) is 0 Å².